The number of rotatable bonds is 5. The molecule has 110 valence electrons. The van der Waals surface area contributed by atoms with E-state index in [0.717, 1.165) is 9.79 Å². The highest BCUT2D eigenvalue weighted by Gasteiger charge is 2.10. The highest BCUT2D eigenvalue weighted by molar-refractivity contribution is 7.99. The van der Waals surface area contributed by atoms with Gasteiger partial charge in [0.15, 0.2) is 0 Å². The van der Waals surface area contributed by atoms with Crippen LogP contribution in [-0.4, -0.2) is 11.1 Å². The third-order valence-electron chi connectivity index (χ3n) is 3.14. The highest BCUT2D eigenvalue weighted by atomic mass is 32.2. The Balaban J connectivity index is 2.24. The maximum atomic E-state index is 13.3. The van der Waals surface area contributed by atoms with Gasteiger partial charge in [0.2, 0.25) is 0 Å². The molecule has 0 fully saturated rings. The van der Waals surface area contributed by atoms with Gasteiger partial charge in [-0.25, -0.2) is 4.39 Å². The summed E-state index contributed by atoms with van der Waals surface area (Å²) in [7, 11) is 0. The lowest BCUT2D eigenvalue weighted by Crippen LogP contribution is -2.02. The van der Waals surface area contributed by atoms with Crippen molar-refractivity contribution in [3.8, 4) is 0 Å². The summed E-state index contributed by atoms with van der Waals surface area (Å²) in [4.78, 5) is 12.7. The minimum Gasteiger partial charge on any atom is -0.481 e. The van der Waals surface area contributed by atoms with Crippen LogP contribution in [0, 0.1) is 5.82 Å². The Hall–Kier alpha value is -1.81. The minimum absolute atomic E-state index is 0.176. The van der Waals surface area contributed by atoms with E-state index in [4.69, 9.17) is 5.11 Å². The van der Waals surface area contributed by atoms with Gasteiger partial charge >= 0.3 is 5.97 Å². The summed E-state index contributed by atoms with van der Waals surface area (Å²) < 4.78 is 13.3. The first-order valence-electron chi connectivity index (χ1n) is 6.73. The maximum Gasteiger partial charge on any atom is 0.307 e. The van der Waals surface area contributed by atoms with Gasteiger partial charge < -0.3 is 5.11 Å². The number of carboxylic acid groups (broad SMARTS) is 1. The molecule has 0 atom stereocenters. The van der Waals surface area contributed by atoms with Crippen LogP contribution in [0.4, 0.5) is 4.39 Å². The molecule has 4 heteroatoms. The molecule has 0 saturated heterocycles. The van der Waals surface area contributed by atoms with Crippen LogP contribution in [0.2, 0.25) is 0 Å². The Bertz CT molecular complexity index is 636. The van der Waals surface area contributed by atoms with Crippen molar-refractivity contribution in [1.29, 1.82) is 0 Å². The van der Waals surface area contributed by atoms with Gasteiger partial charge in [0, 0.05) is 9.79 Å². The highest BCUT2D eigenvalue weighted by Crippen LogP contribution is 2.32. The molecule has 2 aromatic carbocycles. The molecule has 0 bridgehead atoms. The molecule has 0 aliphatic rings. The zero-order valence-corrected chi connectivity index (χ0v) is 12.8. The Morgan fingerprint density at radius 2 is 1.86 bits per heavy atom. The fourth-order valence-electron chi connectivity index (χ4n) is 2.00. The largest absolute Gasteiger partial charge is 0.481 e. The Labute approximate surface area is 128 Å². The number of benzene rings is 2. The number of hydrogen-bond acceptors (Lipinski definition) is 2. The predicted octanol–water partition coefficient (Wildman–Crippen LogP) is 4.73. The molecule has 21 heavy (non-hydrogen) atoms. The van der Waals surface area contributed by atoms with Crippen molar-refractivity contribution in [2.24, 2.45) is 0 Å². The molecule has 0 aliphatic carbocycles. The molecule has 0 amide bonds. The number of carboxylic acids is 1. The molecule has 2 nitrogen and oxygen atoms in total. The summed E-state index contributed by atoms with van der Waals surface area (Å²) in [5, 5.41) is 8.91. The smallest absolute Gasteiger partial charge is 0.307 e. The summed E-state index contributed by atoms with van der Waals surface area (Å²) >= 11 is 1.46. The van der Waals surface area contributed by atoms with Crippen molar-refractivity contribution in [2.45, 2.75) is 36.0 Å². The van der Waals surface area contributed by atoms with Crippen LogP contribution < -0.4 is 0 Å². The molecule has 0 saturated carbocycles. The summed E-state index contributed by atoms with van der Waals surface area (Å²) in [6, 6.07) is 12.4. The van der Waals surface area contributed by atoms with Crippen LogP contribution in [-0.2, 0) is 11.2 Å². The number of carbonyl (C=O) groups is 1. The lowest BCUT2D eigenvalue weighted by molar-refractivity contribution is -0.136. The predicted molar refractivity (Wildman–Crippen MR) is 82.4 cm³/mol. The van der Waals surface area contributed by atoms with Gasteiger partial charge in [0.25, 0.3) is 0 Å². The first kappa shape index (κ1) is 15.6. The van der Waals surface area contributed by atoms with Crippen molar-refractivity contribution in [1.82, 2.24) is 0 Å². The summed E-state index contributed by atoms with van der Waals surface area (Å²) in [6.45, 7) is 4.26. The number of aliphatic carboxylic acids is 1. The van der Waals surface area contributed by atoms with E-state index >= 15 is 0 Å². The normalized spacial score (nSPS) is 10.9. The van der Waals surface area contributed by atoms with E-state index < -0.39 is 11.8 Å². The van der Waals surface area contributed by atoms with Gasteiger partial charge in [-0.15, -0.1) is 0 Å². The average Bonchev–Trinajstić information content (AvgIpc) is 2.42. The molecule has 0 spiro atoms. The fraction of sp³-hybridized carbons (Fsp3) is 0.235. The molecule has 0 heterocycles. The quantitative estimate of drug-likeness (QED) is 0.868. The topological polar surface area (TPSA) is 37.3 Å². The molecular formula is C17H17FO2S. The van der Waals surface area contributed by atoms with E-state index in [1.165, 1.54) is 29.5 Å². The Kier molecular flexibility index (Phi) is 5.02. The number of halogens is 1. The Morgan fingerprint density at radius 1 is 1.19 bits per heavy atom. The van der Waals surface area contributed by atoms with E-state index in [1.54, 1.807) is 6.07 Å². The van der Waals surface area contributed by atoms with E-state index in [9.17, 15) is 9.18 Å². The minimum atomic E-state index is -0.961. The van der Waals surface area contributed by atoms with Gasteiger partial charge in [-0.1, -0.05) is 37.7 Å². The van der Waals surface area contributed by atoms with Gasteiger partial charge in [-0.05, 0) is 47.4 Å². The zero-order chi connectivity index (χ0) is 15.4. The van der Waals surface area contributed by atoms with E-state index in [2.05, 4.69) is 26.0 Å². The molecule has 1 N–H and O–H groups in total. The molecule has 0 aromatic heterocycles. The zero-order valence-electron chi connectivity index (χ0n) is 12.0. The van der Waals surface area contributed by atoms with Crippen molar-refractivity contribution >= 4 is 17.7 Å². The van der Waals surface area contributed by atoms with Crippen LogP contribution in [0.3, 0.4) is 0 Å². The second-order valence-corrected chi connectivity index (χ2v) is 6.26. The van der Waals surface area contributed by atoms with E-state index in [1.807, 2.05) is 12.1 Å². The van der Waals surface area contributed by atoms with Crippen molar-refractivity contribution in [3.05, 3.63) is 59.4 Å². The van der Waals surface area contributed by atoms with Gasteiger partial charge in [0.1, 0.15) is 5.82 Å². The van der Waals surface area contributed by atoms with Crippen LogP contribution >= 0.6 is 11.8 Å². The molecule has 2 aromatic rings. The standard InChI is InChI=1S/C17H17FO2S/c1-11(2)12-3-6-15(7-4-12)21-16-8-5-14(18)9-13(16)10-17(19)20/h3-9,11H,10H2,1-2H3,(H,19,20). The van der Waals surface area contributed by atoms with Gasteiger partial charge in [-0.3, -0.25) is 4.79 Å². The second kappa shape index (κ2) is 6.76. The van der Waals surface area contributed by atoms with E-state index in [0.29, 0.717) is 11.5 Å². The average molecular weight is 304 g/mol. The van der Waals surface area contributed by atoms with Gasteiger partial charge in [-0.2, -0.15) is 0 Å². The van der Waals surface area contributed by atoms with Crippen molar-refractivity contribution in [2.75, 3.05) is 0 Å². The third kappa shape index (κ3) is 4.33. The SMILES string of the molecule is CC(C)c1ccc(Sc2ccc(F)cc2CC(=O)O)cc1. The summed E-state index contributed by atoms with van der Waals surface area (Å²) in [5.74, 6) is -0.902. The first-order valence-corrected chi connectivity index (χ1v) is 7.55. The lowest BCUT2D eigenvalue weighted by atomic mass is 10.0. The molecule has 0 unspecified atom stereocenters. The fourth-order valence-corrected chi connectivity index (χ4v) is 2.92. The molecule has 0 radical (unpaired) electrons. The van der Waals surface area contributed by atoms with Crippen LogP contribution in [0.5, 0.6) is 0 Å². The van der Waals surface area contributed by atoms with Crippen LogP contribution in [0.25, 0.3) is 0 Å². The lowest BCUT2D eigenvalue weighted by Gasteiger charge is -2.09. The van der Waals surface area contributed by atoms with E-state index in [-0.39, 0.29) is 6.42 Å². The molecule has 0 aliphatic heterocycles. The molecule has 2 rings (SSSR count). The maximum absolute atomic E-state index is 13.3. The summed E-state index contributed by atoms with van der Waals surface area (Å²) in [6.07, 6.45) is -0.176. The number of hydrogen-bond donors (Lipinski definition) is 1. The van der Waals surface area contributed by atoms with Crippen molar-refractivity contribution < 1.29 is 14.3 Å². The van der Waals surface area contributed by atoms with Crippen molar-refractivity contribution in [3.63, 3.8) is 0 Å². The first-order chi connectivity index (χ1) is 9.95. The monoisotopic (exact) mass is 304 g/mol. The van der Waals surface area contributed by atoms with Crippen LogP contribution in [0.15, 0.2) is 52.3 Å². The van der Waals surface area contributed by atoms with Gasteiger partial charge in [0.05, 0.1) is 6.42 Å². The van der Waals surface area contributed by atoms with Crippen LogP contribution in [0.1, 0.15) is 30.9 Å². The third-order valence-corrected chi connectivity index (χ3v) is 4.26. The molecular weight excluding hydrogens is 287 g/mol. The second-order valence-electron chi connectivity index (χ2n) is 5.15. The Morgan fingerprint density at radius 3 is 2.43 bits per heavy atom. The summed E-state index contributed by atoms with van der Waals surface area (Å²) in [5.41, 5.74) is 1.75.